The molecule has 0 saturated heterocycles. The standard InChI is InChI=1S/C19H20FNO3/c1-19(2,3)15-7-5-4-6-14(15)18(24)21-13-9-8-12(10-17(22)23)16(20)11-13/h4-9,11H,10H2,1-3H3,(H,21,24)(H,22,23). The Morgan fingerprint density at radius 3 is 2.38 bits per heavy atom. The topological polar surface area (TPSA) is 66.4 Å². The third kappa shape index (κ3) is 4.19. The van der Waals surface area contributed by atoms with E-state index in [0.717, 1.165) is 11.6 Å². The SMILES string of the molecule is CC(C)(C)c1ccccc1C(=O)Nc1ccc(CC(=O)O)c(F)c1. The second kappa shape index (κ2) is 6.83. The van der Waals surface area contributed by atoms with Crippen LogP contribution in [-0.4, -0.2) is 17.0 Å². The normalized spacial score (nSPS) is 11.2. The minimum absolute atomic E-state index is 0.0793. The van der Waals surface area contributed by atoms with Crippen LogP contribution < -0.4 is 5.32 Å². The predicted octanol–water partition coefficient (Wildman–Crippen LogP) is 4.00. The van der Waals surface area contributed by atoms with Crippen LogP contribution in [0, 0.1) is 5.82 Å². The Bertz CT molecular complexity index is 778. The molecule has 0 aliphatic carbocycles. The highest BCUT2D eigenvalue weighted by Crippen LogP contribution is 2.26. The summed E-state index contributed by atoms with van der Waals surface area (Å²) in [7, 11) is 0. The largest absolute Gasteiger partial charge is 0.481 e. The van der Waals surface area contributed by atoms with Gasteiger partial charge in [0, 0.05) is 11.3 Å². The Balaban J connectivity index is 2.25. The molecule has 0 heterocycles. The summed E-state index contributed by atoms with van der Waals surface area (Å²) in [5.74, 6) is -2.09. The average molecular weight is 329 g/mol. The van der Waals surface area contributed by atoms with Crippen molar-refractivity contribution in [3.8, 4) is 0 Å². The lowest BCUT2D eigenvalue weighted by Gasteiger charge is -2.22. The lowest BCUT2D eigenvalue weighted by molar-refractivity contribution is -0.136. The lowest BCUT2D eigenvalue weighted by atomic mass is 9.83. The molecule has 0 aliphatic rings. The molecule has 4 nitrogen and oxygen atoms in total. The molecule has 0 saturated carbocycles. The first-order valence-corrected chi connectivity index (χ1v) is 7.59. The summed E-state index contributed by atoms with van der Waals surface area (Å²) < 4.78 is 13.9. The van der Waals surface area contributed by atoms with Gasteiger partial charge < -0.3 is 10.4 Å². The maximum Gasteiger partial charge on any atom is 0.307 e. The van der Waals surface area contributed by atoms with Crippen LogP contribution in [0.5, 0.6) is 0 Å². The highest BCUT2D eigenvalue weighted by atomic mass is 19.1. The molecule has 2 N–H and O–H groups in total. The van der Waals surface area contributed by atoms with Crippen LogP contribution in [0.1, 0.15) is 42.3 Å². The van der Waals surface area contributed by atoms with Gasteiger partial charge in [0.25, 0.3) is 5.91 Å². The van der Waals surface area contributed by atoms with Gasteiger partial charge in [0.05, 0.1) is 6.42 Å². The summed E-state index contributed by atoms with van der Waals surface area (Å²) in [5, 5.41) is 11.4. The van der Waals surface area contributed by atoms with Crippen LogP contribution in [0.15, 0.2) is 42.5 Å². The Hall–Kier alpha value is -2.69. The molecule has 0 aliphatic heterocycles. The minimum Gasteiger partial charge on any atom is -0.481 e. The average Bonchev–Trinajstić information content (AvgIpc) is 2.49. The summed E-state index contributed by atoms with van der Waals surface area (Å²) in [5.41, 5.74) is 1.58. The fourth-order valence-corrected chi connectivity index (χ4v) is 2.46. The molecule has 2 aromatic rings. The van der Waals surface area contributed by atoms with E-state index in [0.29, 0.717) is 5.56 Å². The number of rotatable bonds is 4. The predicted molar refractivity (Wildman–Crippen MR) is 90.8 cm³/mol. The first-order valence-electron chi connectivity index (χ1n) is 7.59. The van der Waals surface area contributed by atoms with E-state index in [1.807, 2.05) is 32.9 Å². The Kier molecular flexibility index (Phi) is 5.02. The fourth-order valence-electron chi connectivity index (χ4n) is 2.46. The molecule has 0 spiro atoms. The van der Waals surface area contributed by atoms with E-state index in [2.05, 4.69) is 5.32 Å². The maximum absolute atomic E-state index is 13.9. The molecule has 24 heavy (non-hydrogen) atoms. The Labute approximate surface area is 140 Å². The van der Waals surface area contributed by atoms with Gasteiger partial charge >= 0.3 is 5.97 Å². The van der Waals surface area contributed by atoms with Crippen molar-refractivity contribution in [2.45, 2.75) is 32.6 Å². The number of amides is 1. The van der Waals surface area contributed by atoms with Gasteiger partial charge in [-0.3, -0.25) is 9.59 Å². The molecule has 5 heteroatoms. The minimum atomic E-state index is -1.11. The van der Waals surface area contributed by atoms with Crippen LogP contribution >= 0.6 is 0 Å². The van der Waals surface area contributed by atoms with Crippen LogP contribution in [0.3, 0.4) is 0 Å². The van der Waals surface area contributed by atoms with E-state index in [-0.39, 0.29) is 22.6 Å². The summed E-state index contributed by atoms with van der Waals surface area (Å²) in [6.07, 6.45) is -0.396. The number of hydrogen-bond acceptors (Lipinski definition) is 2. The van der Waals surface area contributed by atoms with Crippen molar-refractivity contribution < 1.29 is 19.1 Å². The molecule has 126 valence electrons. The van der Waals surface area contributed by atoms with Gasteiger partial charge in [0.1, 0.15) is 5.82 Å². The zero-order valence-electron chi connectivity index (χ0n) is 13.9. The third-order valence-corrected chi connectivity index (χ3v) is 3.63. The molecule has 0 aromatic heterocycles. The monoisotopic (exact) mass is 329 g/mol. The van der Waals surface area contributed by atoms with Crippen LogP contribution in [0.4, 0.5) is 10.1 Å². The summed E-state index contributed by atoms with van der Waals surface area (Å²) in [6, 6.07) is 11.3. The van der Waals surface area contributed by atoms with Crippen LogP contribution in [0.25, 0.3) is 0 Å². The number of benzene rings is 2. The molecule has 0 radical (unpaired) electrons. The Morgan fingerprint density at radius 1 is 1.12 bits per heavy atom. The van der Waals surface area contributed by atoms with Gasteiger partial charge in [0.15, 0.2) is 0 Å². The number of hydrogen-bond donors (Lipinski definition) is 2. The smallest absolute Gasteiger partial charge is 0.307 e. The lowest BCUT2D eigenvalue weighted by Crippen LogP contribution is -2.21. The third-order valence-electron chi connectivity index (χ3n) is 3.63. The van der Waals surface area contributed by atoms with Crippen molar-refractivity contribution in [1.29, 1.82) is 0 Å². The summed E-state index contributed by atoms with van der Waals surface area (Å²) >= 11 is 0. The summed E-state index contributed by atoms with van der Waals surface area (Å²) in [4.78, 5) is 23.2. The zero-order chi connectivity index (χ0) is 17.9. The van der Waals surface area contributed by atoms with E-state index >= 15 is 0 Å². The number of aliphatic carboxylic acids is 1. The molecular weight excluding hydrogens is 309 g/mol. The molecule has 0 bridgehead atoms. The first-order chi connectivity index (χ1) is 11.2. The molecule has 2 aromatic carbocycles. The summed E-state index contributed by atoms with van der Waals surface area (Å²) in [6.45, 7) is 6.04. The highest BCUT2D eigenvalue weighted by Gasteiger charge is 2.21. The van der Waals surface area contributed by atoms with Gasteiger partial charge in [0.2, 0.25) is 0 Å². The van der Waals surface area contributed by atoms with Gasteiger partial charge in [-0.05, 0) is 34.7 Å². The van der Waals surface area contributed by atoms with Crippen molar-refractivity contribution in [3.05, 3.63) is 65.0 Å². The van der Waals surface area contributed by atoms with E-state index in [4.69, 9.17) is 5.11 Å². The van der Waals surface area contributed by atoms with E-state index in [1.165, 1.54) is 12.1 Å². The second-order valence-corrected chi connectivity index (χ2v) is 6.63. The second-order valence-electron chi connectivity index (χ2n) is 6.63. The number of anilines is 1. The molecule has 0 fully saturated rings. The molecule has 0 atom stereocenters. The van der Waals surface area contributed by atoms with Crippen molar-refractivity contribution in [2.24, 2.45) is 0 Å². The van der Waals surface area contributed by atoms with E-state index in [9.17, 15) is 14.0 Å². The number of halogens is 1. The van der Waals surface area contributed by atoms with Crippen molar-refractivity contribution in [1.82, 2.24) is 0 Å². The van der Waals surface area contributed by atoms with Gasteiger partial charge in [-0.2, -0.15) is 0 Å². The number of carboxylic acid groups (broad SMARTS) is 1. The number of carboxylic acids is 1. The zero-order valence-corrected chi connectivity index (χ0v) is 13.9. The number of nitrogens with one attached hydrogen (secondary N) is 1. The highest BCUT2D eigenvalue weighted by molar-refractivity contribution is 6.05. The van der Waals surface area contributed by atoms with Crippen LogP contribution in [-0.2, 0) is 16.6 Å². The molecule has 2 rings (SSSR count). The fraction of sp³-hybridized carbons (Fsp3) is 0.263. The van der Waals surface area contributed by atoms with Gasteiger partial charge in [-0.25, -0.2) is 4.39 Å². The van der Waals surface area contributed by atoms with E-state index in [1.54, 1.807) is 12.1 Å². The molecular formula is C19H20FNO3. The number of carbonyl (C=O) groups excluding carboxylic acids is 1. The number of carbonyl (C=O) groups is 2. The molecule has 1 amide bonds. The van der Waals surface area contributed by atoms with Crippen molar-refractivity contribution >= 4 is 17.6 Å². The van der Waals surface area contributed by atoms with Crippen molar-refractivity contribution in [2.75, 3.05) is 5.32 Å². The Morgan fingerprint density at radius 2 is 1.79 bits per heavy atom. The van der Waals surface area contributed by atoms with Gasteiger partial charge in [-0.15, -0.1) is 0 Å². The maximum atomic E-state index is 13.9. The molecule has 0 unspecified atom stereocenters. The quantitative estimate of drug-likeness (QED) is 0.891. The van der Waals surface area contributed by atoms with Gasteiger partial charge in [-0.1, -0.05) is 45.0 Å². The van der Waals surface area contributed by atoms with Crippen LogP contribution in [0.2, 0.25) is 0 Å². The van der Waals surface area contributed by atoms with Crippen molar-refractivity contribution in [3.63, 3.8) is 0 Å². The first kappa shape index (κ1) is 17.7. The van der Waals surface area contributed by atoms with E-state index < -0.39 is 18.2 Å².